The van der Waals surface area contributed by atoms with Gasteiger partial charge in [-0.1, -0.05) is 6.07 Å². The Morgan fingerprint density at radius 2 is 2.04 bits per heavy atom. The highest BCUT2D eigenvalue weighted by molar-refractivity contribution is 7.91. The molecule has 3 heterocycles. The molecule has 28 heavy (non-hydrogen) atoms. The first-order valence-corrected chi connectivity index (χ1v) is 11.1. The summed E-state index contributed by atoms with van der Waals surface area (Å²) in [5, 5.41) is 6.61. The van der Waals surface area contributed by atoms with E-state index in [2.05, 4.69) is 10.6 Å². The molecule has 152 valence electrons. The number of carbonyl (C=O) groups is 2. The quantitative estimate of drug-likeness (QED) is 0.623. The summed E-state index contributed by atoms with van der Waals surface area (Å²) in [4.78, 5) is 23.9. The second-order valence-corrected chi connectivity index (χ2v) is 9.09. The molecular formula is C17H21N3O6S2. The fourth-order valence-electron chi connectivity index (χ4n) is 2.72. The molecule has 0 aromatic carbocycles. The van der Waals surface area contributed by atoms with Gasteiger partial charge in [0.1, 0.15) is 16.2 Å². The Morgan fingerprint density at radius 3 is 2.75 bits per heavy atom. The lowest BCUT2D eigenvalue weighted by Crippen LogP contribution is -2.53. The summed E-state index contributed by atoms with van der Waals surface area (Å²) in [6.45, 7) is 0.802. The highest BCUT2D eigenvalue weighted by Crippen LogP contribution is 2.25. The van der Waals surface area contributed by atoms with E-state index in [-0.39, 0.29) is 23.8 Å². The summed E-state index contributed by atoms with van der Waals surface area (Å²) in [5.74, 6) is -0.942. The lowest BCUT2D eigenvalue weighted by molar-refractivity contribution is -0.140. The lowest BCUT2D eigenvalue weighted by Gasteiger charge is -2.34. The number of thiophene rings is 1. The van der Waals surface area contributed by atoms with Gasteiger partial charge in [0.05, 0.1) is 19.4 Å². The summed E-state index contributed by atoms with van der Waals surface area (Å²) in [6, 6.07) is 6.70. The van der Waals surface area contributed by atoms with E-state index in [9.17, 15) is 18.0 Å². The fourth-order valence-corrected chi connectivity index (χ4v) is 5.41. The van der Waals surface area contributed by atoms with Crippen LogP contribution in [0.2, 0.25) is 0 Å². The van der Waals surface area contributed by atoms with Gasteiger partial charge in [0, 0.05) is 19.5 Å². The van der Waals surface area contributed by atoms with Crippen molar-refractivity contribution >= 4 is 33.2 Å². The van der Waals surface area contributed by atoms with Crippen molar-refractivity contribution in [3.05, 3.63) is 41.7 Å². The number of furan rings is 1. The van der Waals surface area contributed by atoms with Gasteiger partial charge in [-0.25, -0.2) is 8.42 Å². The molecule has 0 aliphatic carbocycles. The van der Waals surface area contributed by atoms with Gasteiger partial charge in [0.15, 0.2) is 0 Å². The number of ether oxygens (including phenoxy) is 1. The van der Waals surface area contributed by atoms with E-state index in [0.717, 1.165) is 11.3 Å². The molecule has 3 rings (SSSR count). The van der Waals surface area contributed by atoms with Crippen LogP contribution in [-0.4, -0.2) is 57.0 Å². The molecule has 0 radical (unpaired) electrons. The summed E-state index contributed by atoms with van der Waals surface area (Å²) in [6.07, 6.45) is 1.69. The van der Waals surface area contributed by atoms with E-state index in [1.165, 1.54) is 16.6 Å². The topological polar surface area (TPSA) is 118 Å². The van der Waals surface area contributed by atoms with E-state index in [0.29, 0.717) is 25.2 Å². The van der Waals surface area contributed by atoms with Crippen LogP contribution in [0.15, 0.2) is 44.5 Å². The van der Waals surface area contributed by atoms with Crippen molar-refractivity contribution in [2.45, 2.75) is 23.3 Å². The third-order valence-corrected chi connectivity index (χ3v) is 7.35. The SMILES string of the molecule is O=C(NCCc1ccco1)C(=O)NC[C@H]1OCCCN1S(=O)(=O)c1cccs1. The van der Waals surface area contributed by atoms with Crippen molar-refractivity contribution in [3.63, 3.8) is 0 Å². The highest BCUT2D eigenvalue weighted by atomic mass is 32.2. The second kappa shape index (κ2) is 9.32. The predicted octanol–water partition coefficient (Wildman–Crippen LogP) is 0.553. The van der Waals surface area contributed by atoms with E-state index < -0.39 is 28.1 Å². The monoisotopic (exact) mass is 427 g/mol. The van der Waals surface area contributed by atoms with Crippen molar-refractivity contribution in [2.24, 2.45) is 0 Å². The van der Waals surface area contributed by atoms with Crippen molar-refractivity contribution < 1.29 is 27.2 Å². The summed E-state index contributed by atoms with van der Waals surface area (Å²) in [5.41, 5.74) is 0. The van der Waals surface area contributed by atoms with Gasteiger partial charge in [-0.2, -0.15) is 4.31 Å². The molecule has 0 unspecified atom stereocenters. The van der Waals surface area contributed by atoms with E-state index in [4.69, 9.17) is 9.15 Å². The van der Waals surface area contributed by atoms with Gasteiger partial charge in [-0.05, 0) is 30.0 Å². The van der Waals surface area contributed by atoms with Gasteiger partial charge in [-0.15, -0.1) is 11.3 Å². The van der Waals surface area contributed by atoms with E-state index in [1.807, 2.05) is 0 Å². The van der Waals surface area contributed by atoms with E-state index in [1.54, 1.807) is 23.6 Å². The Hall–Kier alpha value is -2.21. The molecule has 11 heteroatoms. The number of sulfonamides is 1. The molecule has 1 aliphatic heterocycles. The fraction of sp³-hybridized carbons (Fsp3) is 0.412. The number of rotatable bonds is 7. The molecule has 9 nitrogen and oxygen atoms in total. The van der Waals surface area contributed by atoms with Gasteiger partial charge >= 0.3 is 11.8 Å². The van der Waals surface area contributed by atoms with Gasteiger partial charge in [0.2, 0.25) is 0 Å². The lowest BCUT2D eigenvalue weighted by atomic mass is 10.3. The molecule has 0 bridgehead atoms. The Bertz CT molecular complexity index is 880. The molecule has 0 saturated carbocycles. The zero-order chi connectivity index (χ0) is 20.0. The normalized spacial score (nSPS) is 17.9. The molecule has 2 N–H and O–H groups in total. The largest absolute Gasteiger partial charge is 0.469 e. The van der Waals surface area contributed by atoms with Crippen molar-refractivity contribution in [2.75, 3.05) is 26.2 Å². The summed E-state index contributed by atoms with van der Waals surface area (Å²) >= 11 is 1.12. The minimum Gasteiger partial charge on any atom is -0.469 e. The van der Waals surface area contributed by atoms with Crippen molar-refractivity contribution in [1.82, 2.24) is 14.9 Å². The smallest absolute Gasteiger partial charge is 0.309 e. The number of amides is 2. The van der Waals surface area contributed by atoms with Crippen molar-refractivity contribution in [1.29, 1.82) is 0 Å². The standard InChI is InChI=1S/C17H21N3O6S2/c21-16(18-7-6-13-4-1-9-25-13)17(22)19-12-14-20(8-3-10-26-14)28(23,24)15-5-2-11-27-15/h1-2,4-5,9,11,14H,3,6-8,10,12H2,(H,18,21)(H,19,22)/t14-/m1/s1. The number of nitrogens with zero attached hydrogens (tertiary/aromatic N) is 1. The van der Waals surface area contributed by atoms with Crippen LogP contribution in [0, 0.1) is 0 Å². The maximum Gasteiger partial charge on any atom is 0.309 e. The molecule has 2 aromatic heterocycles. The molecule has 1 aliphatic rings. The average molecular weight is 428 g/mol. The van der Waals surface area contributed by atoms with Crippen LogP contribution in [0.1, 0.15) is 12.2 Å². The zero-order valence-corrected chi connectivity index (χ0v) is 16.6. The molecular weight excluding hydrogens is 406 g/mol. The third-order valence-electron chi connectivity index (χ3n) is 4.09. The van der Waals surface area contributed by atoms with Crippen LogP contribution in [-0.2, 0) is 30.8 Å². The second-order valence-electron chi connectivity index (χ2n) is 6.02. The number of hydrogen-bond acceptors (Lipinski definition) is 7. The van der Waals surface area contributed by atoms with Gasteiger partial charge in [0.25, 0.3) is 10.0 Å². The van der Waals surface area contributed by atoms with Crippen LogP contribution in [0.5, 0.6) is 0 Å². The first-order valence-electron chi connectivity index (χ1n) is 8.74. The molecule has 2 amide bonds. The summed E-state index contributed by atoms with van der Waals surface area (Å²) < 4.78 is 37.6. The van der Waals surface area contributed by atoms with Crippen molar-refractivity contribution in [3.8, 4) is 0 Å². The van der Waals surface area contributed by atoms with Crippen LogP contribution < -0.4 is 10.6 Å². The number of carbonyl (C=O) groups excluding carboxylic acids is 2. The Labute approximate surface area is 166 Å². The highest BCUT2D eigenvalue weighted by Gasteiger charge is 2.35. The molecule has 1 atom stereocenters. The minimum atomic E-state index is -3.71. The van der Waals surface area contributed by atoms with Crippen LogP contribution in [0.3, 0.4) is 0 Å². The van der Waals surface area contributed by atoms with Crippen LogP contribution >= 0.6 is 11.3 Å². The predicted molar refractivity (Wildman–Crippen MR) is 101 cm³/mol. The first kappa shape index (κ1) is 20.5. The van der Waals surface area contributed by atoms with Crippen LogP contribution in [0.25, 0.3) is 0 Å². The maximum absolute atomic E-state index is 12.7. The average Bonchev–Trinajstić information content (AvgIpc) is 3.40. The Morgan fingerprint density at radius 1 is 1.21 bits per heavy atom. The first-order chi connectivity index (χ1) is 13.5. The zero-order valence-electron chi connectivity index (χ0n) is 15.0. The maximum atomic E-state index is 12.7. The van der Waals surface area contributed by atoms with Gasteiger partial charge < -0.3 is 19.8 Å². The summed E-state index contributed by atoms with van der Waals surface area (Å²) in [7, 11) is -3.71. The van der Waals surface area contributed by atoms with E-state index >= 15 is 0 Å². The number of hydrogen-bond donors (Lipinski definition) is 2. The van der Waals surface area contributed by atoms with Gasteiger partial charge in [-0.3, -0.25) is 9.59 Å². The minimum absolute atomic E-state index is 0.116. The third kappa shape index (κ3) is 4.98. The molecule has 1 fully saturated rings. The Balaban J connectivity index is 1.51. The Kier molecular flexibility index (Phi) is 6.83. The number of nitrogens with one attached hydrogen (secondary N) is 2. The molecule has 0 spiro atoms. The van der Waals surface area contributed by atoms with Crippen LogP contribution in [0.4, 0.5) is 0 Å². The molecule has 2 aromatic rings. The molecule has 1 saturated heterocycles.